The van der Waals surface area contributed by atoms with E-state index >= 15 is 0 Å². The van der Waals surface area contributed by atoms with Crippen LogP contribution in [0.3, 0.4) is 0 Å². The predicted octanol–water partition coefficient (Wildman–Crippen LogP) is 2.79. The molecule has 0 saturated carbocycles. The number of thiophene rings is 1. The van der Waals surface area contributed by atoms with Gasteiger partial charge in [-0.15, -0.1) is 11.3 Å². The van der Waals surface area contributed by atoms with Gasteiger partial charge in [0.2, 0.25) is 5.28 Å². The first-order valence-corrected chi connectivity index (χ1v) is 7.52. The number of halogens is 2. The van der Waals surface area contributed by atoms with Crippen molar-refractivity contribution in [2.24, 2.45) is 0 Å². The third-order valence-corrected chi connectivity index (χ3v) is 5.02. The summed E-state index contributed by atoms with van der Waals surface area (Å²) >= 11 is 9.94. The number of anilines is 1. The number of morpholine rings is 1. The highest BCUT2D eigenvalue weighted by Crippen LogP contribution is 2.33. The second-order valence-electron chi connectivity index (χ2n) is 3.68. The van der Waals surface area contributed by atoms with Crippen molar-refractivity contribution in [3.63, 3.8) is 0 Å². The molecule has 7 heteroatoms. The molecule has 0 N–H and O–H groups in total. The molecule has 0 unspecified atom stereocenters. The van der Waals surface area contributed by atoms with Gasteiger partial charge in [0, 0.05) is 18.5 Å². The van der Waals surface area contributed by atoms with Crippen LogP contribution in [0.25, 0.3) is 10.2 Å². The summed E-state index contributed by atoms with van der Waals surface area (Å²) in [6, 6.07) is 0. The van der Waals surface area contributed by atoms with Gasteiger partial charge >= 0.3 is 0 Å². The molecule has 2 aromatic rings. The van der Waals surface area contributed by atoms with Gasteiger partial charge < -0.3 is 9.64 Å². The zero-order valence-corrected chi connectivity index (χ0v) is 12.5. The second-order valence-corrected chi connectivity index (χ2v) is 6.06. The third kappa shape index (κ3) is 2.23. The second kappa shape index (κ2) is 4.83. The lowest BCUT2D eigenvalue weighted by molar-refractivity contribution is 0.122. The van der Waals surface area contributed by atoms with E-state index in [1.807, 2.05) is 0 Å². The summed E-state index contributed by atoms with van der Waals surface area (Å²) in [6.45, 7) is 3.20. The minimum absolute atomic E-state index is 0.315. The van der Waals surface area contributed by atoms with Crippen LogP contribution in [-0.4, -0.2) is 36.3 Å². The minimum atomic E-state index is 0.315. The number of hydrogen-bond acceptors (Lipinski definition) is 5. The Morgan fingerprint density at radius 1 is 1.35 bits per heavy atom. The van der Waals surface area contributed by atoms with Crippen molar-refractivity contribution in [1.29, 1.82) is 0 Å². The Kier molecular flexibility index (Phi) is 3.38. The lowest BCUT2D eigenvalue weighted by Gasteiger charge is -2.28. The number of hydrogen-bond donors (Lipinski definition) is 0. The highest BCUT2D eigenvalue weighted by atomic mass is 127. The van der Waals surface area contributed by atoms with E-state index in [1.54, 1.807) is 11.3 Å². The van der Waals surface area contributed by atoms with Crippen LogP contribution in [0, 0.1) is 3.57 Å². The van der Waals surface area contributed by atoms with Crippen LogP contribution < -0.4 is 4.90 Å². The van der Waals surface area contributed by atoms with Gasteiger partial charge in [-0.1, -0.05) is 0 Å². The van der Waals surface area contributed by atoms with Crippen molar-refractivity contribution in [3.05, 3.63) is 14.2 Å². The number of nitrogens with zero attached hydrogens (tertiary/aromatic N) is 3. The fourth-order valence-electron chi connectivity index (χ4n) is 1.84. The normalized spacial score (nSPS) is 16.7. The molecule has 3 rings (SSSR count). The maximum Gasteiger partial charge on any atom is 0.225 e. The number of rotatable bonds is 1. The third-order valence-electron chi connectivity index (χ3n) is 2.64. The van der Waals surface area contributed by atoms with Crippen molar-refractivity contribution in [2.45, 2.75) is 0 Å². The van der Waals surface area contributed by atoms with Crippen LogP contribution in [0.4, 0.5) is 5.82 Å². The molecule has 0 bridgehead atoms. The SMILES string of the molecule is Clc1nc(N2CCOCC2)c2scc(I)c2n1. The average Bonchev–Trinajstić information content (AvgIpc) is 2.72. The molecule has 0 aromatic carbocycles. The molecule has 0 spiro atoms. The predicted molar refractivity (Wildman–Crippen MR) is 78.2 cm³/mol. The average molecular weight is 382 g/mol. The van der Waals surface area contributed by atoms with Crippen LogP contribution in [0.5, 0.6) is 0 Å². The highest BCUT2D eigenvalue weighted by Gasteiger charge is 2.19. The van der Waals surface area contributed by atoms with Gasteiger partial charge in [-0.25, -0.2) is 4.98 Å². The van der Waals surface area contributed by atoms with Crippen LogP contribution in [-0.2, 0) is 4.74 Å². The summed E-state index contributed by atoms with van der Waals surface area (Å²) in [5, 5.41) is 2.40. The van der Waals surface area contributed by atoms with E-state index < -0.39 is 0 Å². The molecule has 1 aliphatic rings. The lowest BCUT2D eigenvalue weighted by Crippen LogP contribution is -2.36. The quantitative estimate of drug-likeness (QED) is 0.562. The standard InChI is InChI=1S/C10H9ClIN3OS/c11-10-13-7-6(12)5-17-8(7)9(14-10)15-1-3-16-4-2-15/h5H,1-4H2. The summed E-state index contributed by atoms with van der Waals surface area (Å²) in [5.41, 5.74) is 0.956. The molecule has 1 aliphatic heterocycles. The van der Waals surface area contributed by atoms with Crippen molar-refractivity contribution < 1.29 is 4.74 Å². The van der Waals surface area contributed by atoms with Crippen LogP contribution in [0.15, 0.2) is 5.38 Å². The van der Waals surface area contributed by atoms with E-state index in [0.717, 1.165) is 45.9 Å². The van der Waals surface area contributed by atoms with E-state index in [9.17, 15) is 0 Å². The van der Waals surface area contributed by atoms with Crippen molar-refractivity contribution in [1.82, 2.24) is 9.97 Å². The first-order chi connectivity index (χ1) is 8.25. The van der Waals surface area contributed by atoms with Gasteiger partial charge in [-0.3, -0.25) is 0 Å². The molecular formula is C10H9ClIN3OS. The Labute approximate surface area is 121 Å². The van der Waals surface area contributed by atoms with Crippen LogP contribution in [0.1, 0.15) is 0 Å². The van der Waals surface area contributed by atoms with E-state index in [4.69, 9.17) is 16.3 Å². The molecule has 0 aliphatic carbocycles. The molecule has 0 radical (unpaired) electrons. The molecule has 2 aromatic heterocycles. The van der Waals surface area contributed by atoms with Crippen LogP contribution in [0.2, 0.25) is 5.28 Å². The Morgan fingerprint density at radius 2 is 2.12 bits per heavy atom. The lowest BCUT2D eigenvalue weighted by atomic mass is 10.3. The summed E-state index contributed by atoms with van der Waals surface area (Å²) < 4.78 is 7.59. The molecule has 90 valence electrons. The summed E-state index contributed by atoms with van der Waals surface area (Å²) in [5.74, 6) is 0.941. The number of ether oxygens (including phenoxy) is 1. The van der Waals surface area contributed by atoms with Gasteiger partial charge in [0.15, 0.2) is 5.82 Å². The zero-order chi connectivity index (χ0) is 11.8. The van der Waals surface area contributed by atoms with E-state index in [2.05, 4.69) is 42.8 Å². The van der Waals surface area contributed by atoms with Crippen LogP contribution >= 0.6 is 45.5 Å². The zero-order valence-electron chi connectivity index (χ0n) is 8.82. The molecule has 17 heavy (non-hydrogen) atoms. The fourth-order valence-corrected chi connectivity index (χ4v) is 3.84. The molecule has 1 saturated heterocycles. The monoisotopic (exact) mass is 381 g/mol. The summed E-state index contributed by atoms with van der Waals surface area (Å²) in [4.78, 5) is 10.9. The molecule has 1 fully saturated rings. The summed E-state index contributed by atoms with van der Waals surface area (Å²) in [6.07, 6.45) is 0. The smallest absolute Gasteiger partial charge is 0.225 e. The Balaban J connectivity index is 2.13. The minimum Gasteiger partial charge on any atom is -0.378 e. The molecule has 4 nitrogen and oxygen atoms in total. The highest BCUT2D eigenvalue weighted by molar-refractivity contribution is 14.1. The summed E-state index contributed by atoms with van der Waals surface area (Å²) in [7, 11) is 0. The van der Waals surface area contributed by atoms with Gasteiger partial charge in [-0.05, 0) is 34.2 Å². The fraction of sp³-hybridized carbons (Fsp3) is 0.400. The van der Waals surface area contributed by atoms with Gasteiger partial charge in [0.1, 0.15) is 5.52 Å². The maximum atomic E-state index is 5.99. The Morgan fingerprint density at radius 3 is 2.88 bits per heavy atom. The largest absolute Gasteiger partial charge is 0.378 e. The number of aromatic nitrogens is 2. The molecule has 3 heterocycles. The Bertz CT molecular complexity index is 556. The van der Waals surface area contributed by atoms with E-state index in [-0.39, 0.29) is 0 Å². The Hall–Kier alpha value is -0.180. The van der Waals surface area contributed by atoms with Crippen molar-refractivity contribution >= 4 is 61.6 Å². The first-order valence-electron chi connectivity index (χ1n) is 5.18. The topological polar surface area (TPSA) is 38.2 Å². The maximum absolute atomic E-state index is 5.99. The molecule has 0 atom stereocenters. The van der Waals surface area contributed by atoms with Gasteiger partial charge in [-0.2, -0.15) is 4.98 Å². The van der Waals surface area contributed by atoms with Gasteiger partial charge in [0.05, 0.1) is 21.5 Å². The number of fused-ring (bicyclic) bond motifs is 1. The van der Waals surface area contributed by atoms with Crippen molar-refractivity contribution in [2.75, 3.05) is 31.2 Å². The van der Waals surface area contributed by atoms with Gasteiger partial charge in [0.25, 0.3) is 0 Å². The first kappa shape index (κ1) is 11.9. The van der Waals surface area contributed by atoms with E-state index in [0.29, 0.717) is 5.28 Å². The van der Waals surface area contributed by atoms with E-state index in [1.165, 1.54) is 0 Å². The molecular weight excluding hydrogens is 373 g/mol. The van der Waals surface area contributed by atoms with Crippen molar-refractivity contribution in [3.8, 4) is 0 Å². The molecule has 0 amide bonds.